The number of phenols is 1. The second kappa shape index (κ2) is 5.28. The molecule has 0 spiro atoms. The topological polar surface area (TPSA) is 20.2 Å². The van der Waals surface area contributed by atoms with Gasteiger partial charge in [0, 0.05) is 16.5 Å². The molecule has 17 heavy (non-hydrogen) atoms. The quantitative estimate of drug-likeness (QED) is 0.820. The normalized spacial score (nSPS) is 12.4. The van der Waals surface area contributed by atoms with Crippen molar-refractivity contribution in [1.29, 1.82) is 0 Å². The lowest BCUT2D eigenvalue weighted by atomic mass is 10.2. The van der Waals surface area contributed by atoms with E-state index in [1.165, 1.54) is 16.0 Å². The lowest BCUT2D eigenvalue weighted by Crippen LogP contribution is -2.03. The first-order valence-electron chi connectivity index (χ1n) is 5.62. The zero-order valence-electron chi connectivity index (χ0n) is 10.2. The number of aromatic hydroxyl groups is 1. The summed E-state index contributed by atoms with van der Waals surface area (Å²) in [5.74, 6) is 1.40. The molecule has 0 aliphatic heterocycles. The molecule has 2 aromatic rings. The molecular formula is C15H17OS+. The fourth-order valence-corrected chi connectivity index (χ4v) is 3.26. The van der Waals surface area contributed by atoms with Crippen LogP contribution in [0.4, 0.5) is 0 Å². The summed E-state index contributed by atoms with van der Waals surface area (Å²) in [5, 5.41) is 9.27. The van der Waals surface area contributed by atoms with Gasteiger partial charge in [0.05, 0.1) is 0 Å². The summed E-state index contributed by atoms with van der Waals surface area (Å²) >= 11 is 0. The third-order valence-electron chi connectivity index (χ3n) is 2.70. The van der Waals surface area contributed by atoms with Crippen molar-refractivity contribution < 1.29 is 5.11 Å². The monoisotopic (exact) mass is 245 g/mol. The first-order chi connectivity index (χ1) is 8.15. The van der Waals surface area contributed by atoms with E-state index in [1.54, 1.807) is 12.1 Å². The van der Waals surface area contributed by atoms with Crippen LogP contribution in [0.25, 0.3) is 0 Å². The van der Waals surface area contributed by atoms with Crippen LogP contribution in [-0.2, 0) is 16.6 Å². The van der Waals surface area contributed by atoms with Crippen LogP contribution in [0.15, 0.2) is 53.4 Å². The Kier molecular flexibility index (Phi) is 3.75. The largest absolute Gasteiger partial charge is 0.508 e. The molecule has 1 unspecified atom stereocenters. The predicted molar refractivity (Wildman–Crippen MR) is 74.5 cm³/mol. The van der Waals surface area contributed by atoms with E-state index < -0.39 is 0 Å². The van der Waals surface area contributed by atoms with Gasteiger partial charge in [-0.2, -0.15) is 0 Å². The Morgan fingerprint density at radius 1 is 1.06 bits per heavy atom. The summed E-state index contributed by atoms with van der Waals surface area (Å²) in [6, 6.07) is 16.2. The van der Waals surface area contributed by atoms with Gasteiger partial charge in [-0.1, -0.05) is 29.8 Å². The van der Waals surface area contributed by atoms with Crippen molar-refractivity contribution in [3.63, 3.8) is 0 Å². The molecule has 0 aliphatic carbocycles. The molecule has 1 atom stereocenters. The van der Waals surface area contributed by atoms with Crippen molar-refractivity contribution in [2.75, 3.05) is 6.26 Å². The van der Waals surface area contributed by atoms with Crippen LogP contribution < -0.4 is 0 Å². The second-order valence-corrected chi connectivity index (χ2v) is 6.30. The van der Waals surface area contributed by atoms with Crippen LogP contribution in [-0.4, -0.2) is 11.4 Å². The van der Waals surface area contributed by atoms with Crippen molar-refractivity contribution in [3.8, 4) is 5.75 Å². The Morgan fingerprint density at radius 3 is 2.41 bits per heavy atom. The molecule has 0 amide bonds. The molecule has 0 fully saturated rings. The average Bonchev–Trinajstić information content (AvgIpc) is 2.29. The second-order valence-electron chi connectivity index (χ2n) is 4.26. The highest BCUT2D eigenvalue weighted by Crippen LogP contribution is 2.19. The third kappa shape index (κ3) is 3.27. The number of hydrogen-bond donors (Lipinski definition) is 1. The van der Waals surface area contributed by atoms with E-state index in [-0.39, 0.29) is 10.9 Å². The molecule has 2 rings (SSSR count). The Bertz CT molecular complexity index is 491. The maximum absolute atomic E-state index is 9.27. The van der Waals surface area contributed by atoms with Gasteiger partial charge in [0.1, 0.15) is 17.8 Å². The highest BCUT2D eigenvalue weighted by atomic mass is 32.2. The Labute approximate surface area is 105 Å². The van der Waals surface area contributed by atoms with Crippen molar-refractivity contribution in [3.05, 3.63) is 59.7 Å². The van der Waals surface area contributed by atoms with Crippen molar-refractivity contribution in [1.82, 2.24) is 0 Å². The lowest BCUT2D eigenvalue weighted by Gasteiger charge is -2.04. The van der Waals surface area contributed by atoms with E-state index >= 15 is 0 Å². The molecular weight excluding hydrogens is 228 g/mol. The molecule has 0 aromatic heterocycles. The molecule has 0 radical (unpaired) electrons. The maximum atomic E-state index is 9.27. The van der Waals surface area contributed by atoms with Gasteiger partial charge < -0.3 is 5.11 Å². The van der Waals surface area contributed by atoms with E-state index in [9.17, 15) is 5.11 Å². The van der Waals surface area contributed by atoms with Crippen LogP contribution >= 0.6 is 0 Å². The highest BCUT2D eigenvalue weighted by Gasteiger charge is 2.15. The standard InChI is InChI=1S/C15H16OS/c1-12-4-3-5-13(10-12)11-17(2)15-8-6-14(16)7-9-15/h3-10H,11H2,1-2H3/p+1. The summed E-state index contributed by atoms with van der Waals surface area (Å²) < 4.78 is 0. The average molecular weight is 245 g/mol. The van der Waals surface area contributed by atoms with E-state index in [4.69, 9.17) is 0 Å². The number of benzene rings is 2. The summed E-state index contributed by atoms with van der Waals surface area (Å²) in [4.78, 5) is 1.30. The zero-order chi connectivity index (χ0) is 12.3. The number of hydrogen-bond acceptors (Lipinski definition) is 1. The summed E-state index contributed by atoms with van der Waals surface area (Å²) in [7, 11) is 0.188. The fourth-order valence-electron chi connectivity index (χ4n) is 1.81. The van der Waals surface area contributed by atoms with Gasteiger partial charge in [-0.3, -0.25) is 0 Å². The van der Waals surface area contributed by atoms with Crippen molar-refractivity contribution in [2.45, 2.75) is 17.6 Å². The van der Waals surface area contributed by atoms with Gasteiger partial charge in [0.2, 0.25) is 0 Å². The SMILES string of the molecule is Cc1cccc(C[S+](C)c2ccc(O)cc2)c1. The highest BCUT2D eigenvalue weighted by molar-refractivity contribution is 7.95. The minimum absolute atomic E-state index is 0.188. The van der Waals surface area contributed by atoms with Crippen LogP contribution in [0.2, 0.25) is 0 Å². The fraction of sp³-hybridized carbons (Fsp3) is 0.200. The molecule has 1 N–H and O–H groups in total. The van der Waals surface area contributed by atoms with E-state index in [2.05, 4.69) is 37.4 Å². The molecule has 0 bridgehead atoms. The Morgan fingerprint density at radius 2 is 1.76 bits per heavy atom. The van der Waals surface area contributed by atoms with Gasteiger partial charge >= 0.3 is 0 Å². The molecule has 0 saturated heterocycles. The number of aryl methyl sites for hydroxylation is 1. The van der Waals surface area contributed by atoms with Crippen LogP contribution in [0, 0.1) is 6.92 Å². The van der Waals surface area contributed by atoms with Gasteiger partial charge in [-0.05, 0) is 31.2 Å². The third-order valence-corrected chi connectivity index (χ3v) is 4.55. The Balaban J connectivity index is 2.11. The Hall–Kier alpha value is -1.41. The molecule has 0 heterocycles. The van der Waals surface area contributed by atoms with Crippen LogP contribution in [0.3, 0.4) is 0 Å². The first-order valence-corrected chi connectivity index (χ1v) is 7.42. The number of phenolic OH excluding ortho intramolecular Hbond substituents is 1. The molecule has 1 nitrogen and oxygen atoms in total. The van der Waals surface area contributed by atoms with Crippen LogP contribution in [0.1, 0.15) is 11.1 Å². The minimum Gasteiger partial charge on any atom is -0.508 e. The van der Waals surface area contributed by atoms with Gasteiger partial charge in [0.25, 0.3) is 0 Å². The summed E-state index contributed by atoms with van der Waals surface area (Å²) in [6.07, 6.45) is 2.24. The summed E-state index contributed by atoms with van der Waals surface area (Å²) in [5.41, 5.74) is 2.69. The summed E-state index contributed by atoms with van der Waals surface area (Å²) in [6.45, 7) is 2.12. The maximum Gasteiger partial charge on any atom is 0.155 e. The van der Waals surface area contributed by atoms with Gasteiger partial charge in [-0.25, -0.2) is 0 Å². The zero-order valence-corrected chi connectivity index (χ0v) is 11.0. The van der Waals surface area contributed by atoms with Crippen molar-refractivity contribution >= 4 is 10.9 Å². The predicted octanol–water partition coefficient (Wildman–Crippen LogP) is 3.51. The lowest BCUT2D eigenvalue weighted by molar-refractivity contribution is 0.475. The van der Waals surface area contributed by atoms with Crippen molar-refractivity contribution in [2.24, 2.45) is 0 Å². The molecule has 2 aromatic carbocycles. The van der Waals surface area contributed by atoms with E-state index in [0.717, 1.165) is 5.75 Å². The van der Waals surface area contributed by atoms with E-state index in [0.29, 0.717) is 5.75 Å². The van der Waals surface area contributed by atoms with E-state index in [1.807, 2.05) is 12.1 Å². The van der Waals surface area contributed by atoms with Crippen LogP contribution in [0.5, 0.6) is 5.75 Å². The molecule has 88 valence electrons. The minimum atomic E-state index is 0.188. The molecule has 0 aliphatic rings. The molecule has 2 heteroatoms. The smallest absolute Gasteiger partial charge is 0.155 e. The van der Waals surface area contributed by atoms with Gasteiger partial charge in [-0.15, -0.1) is 0 Å². The van der Waals surface area contributed by atoms with Gasteiger partial charge in [0.15, 0.2) is 4.90 Å². The first kappa shape index (κ1) is 12.1. The molecule has 0 saturated carbocycles. The number of rotatable bonds is 3.